The number of aromatic nitrogens is 2. The summed E-state index contributed by atoms with van der Waals surface area (Å²) in [5.41, 5.74) is 6.04. The second-order valence-electron chi connectivity index (χ2n) is 4.98. The van der Waals surface area contributed by atoms with Gasteiger partial charge in [-0.05, 0) is 31.2 Å². The molecule has 8 nitrogen and oxygen atoms in total. The summed E-state index contributed by atoms with van der Waals surface area (Å²) in [6.45, 7) is 2.91. The van der Waals surface area contributed by atoms with Crippen LogP contribution in [0.1, 0.15) is 24.9 Å². The van der Waals surface area contributed by atoms with Crippen molar-refractivity contribution < 1.29 is 17.9 Å². The summed E-state index contributed by atoms with van der Waals surface area (Å²) in [6.07, 6.45) is 0.764. The third kappa shape index (κ3) is 4.27. The first-order chi connectivity index (χ1) is 11.3. The summed E-state index contributed by atoms with van der Waals surface area (Å²) in [4.78, 5) is 18.9. The molecule has 0 spiro atoms. The number of rotatable bonds is 6. The van der Waals surface area contributed by atoms with E-state index in [1.54, 1.807) is 31.2 Å². The van der Waals surface area contributed by atoms with Crippen LogP contribution in [0.25, 0.3) is 0 Å². The number of carbonyl (C=O) groups is 1. The van der Waals surface area contributed by atoms with Gasteiger partial charge in [0.25, 0.3) is 0 Å². The van der Waals surface area contributed by atoms with Gasteiger partial charge >= 0.3 is 5.97 Å². The molecule has 24 heavy (non-hydrogen) atoms. The summed E-state index contributed by atoms with van der Waals surface area (Å²) >= 11 is 0. The lowest BCUT2D eigenvalue weighted by Crippen LogP contribution is -2.25. The van der Waals surface area contributed by atoms with Crippen molar-refractivity contribution in [2.75, 3.05) is 5.32 Å². The van der Waals surface area contributed by atoms with Crippen molar-refractivity contribution in [2.24, 2.45) is 5.73 Å². The Morgan fingerprint density at radius 1 is 1.25 bits per heavy atom. The van der Waals surface area contributed by atoms with E-state index in [4.69, 9.17) is 10.5 Å². The van der Waals surface area contributed by atoms with Gasteiger partial charge in [-0.3, -0.25) is 4.79 Å². The molecule has 128 valence electrons. The van der Waals surface area contributed by atoms with E-state index in [9.17, 15) is 13.2 Å². The van der Waals surface area contributed by atoms with Crippen molar-refractivity contribution in [2.45, 2.75) is 30.5 Å². The molecule has 2 atom stereocenters. The molecule has 9 heteroatoms. The molecule has 2 unspecified atom stereocenters. The van der Waals surface area contributed by atoms with E-state index in [2.05, 4.69) is 15.3 Å². The van der Waals surface area contributed by atoms with Gasteiger partial charge in [-0.25, -0.2) is 18.4 Å². The van der Waals surface area contributed by atoms with E-state index in [1.165, 1.54) is 25.3 Å². The topological polar surface area (TPSA) is 124 Å². The fraction of sp³-hybridized carbons (Fsp3) is 0.267. The molecule has 2 aromatic heterocycles. The highest BCUT2D eigenvalue weighted by atomic mass is 32.2. The lowest BCUT2D eigenvalue weighted by atomic mass is 10.3. The number of carbonyl (C=O) groups excluding carboxylic acids is 1. The summed E-state index contributed by atoms with van der Waals surface area (Å²) < 4.78 is 29.9. The number of nitrogens with one attached hydrogen (secondary N) is 1. The molecule has 0 saturated carbocycles. The van der Waals surface area contributed by atoms with E-state index >= 15 is 0 Å². The number of nitrogens with zero attached hydrogens (tertiary/aromatic N) is 2. The van der Waals surface area contributed by atoms with Gasteiger partial charge in [0.15, 0.2) is 16.6 Å². The Balaban J connectivity index is 2.23. The predicted octanol–water partition coefficient (Wildman–Crippen LogP) is 1.23. The molecule has 0 bridgehead atoms. The molecule has 2 aromatic rings. The largest absolute Gasteiger partial charge is 0.442 e. The summed E-state index contributed by atoms with van der Waals surface area (Å²) in [7, 11) is -3.87. The van der Waals surface area contributed by atoms with E-state index in [-0.39, 0.29) is 10.7 Å². The van der Waals surface area contributed by atoms with Crippen LogP contribution < -0.4 is 11.1 Å². The van der Waals surface area contributed by atoms with Crippen LogP contribution in [0.5, 0.6) is 0 Å². The molecule has 0 aliphatic heterocycles. The van der Waals surface area contributed by atoms with Gasteiger partial charge in [0.05, 0.1) is 5.69 Å². The maximum Gasteiger partial charge on any atom is 0.304 e. The fourth-order valence-corrected chi connectivity index (χ4v) is 3.17. The average molecular weight is 350 g/mol. The Labute approximate surface area is 140 Å². The summed E-state index contributed by atoms with van der Waals surface area (Å²) in [6, 6.07) is 9.29. The first-order valence-corrected chi connectivity index (χ1v) is 8.66. The molecule has 2 rings (SSSR count). The SMILES string of the molecule is CC(=O)OC(C)Nc1cccc(C(N)S(=O)(=O)c2ccccn2)n1. The maximum atomic E-state index is 12.5. The number of sulfone groups is 1. The Morgan fingerprint density at radius 2 is 2.00 bits per heavy atom. The average Bonchev–Trinajstić information content (AvgIpc) is 2.54. The Morgan fingerprint density at radius 3 is 2.62 bits per heavy atom. The highest BCUT2D eigenvalue weighted by molar-refractivity contribution is 7.91. The van der Waals surface area contributed by atoms with Gasteiger partial charge in [-0.1, -0.05) is 12.1 Å². The van der Waals surface area contributed by atoms with Crippen molar-refractivity contribution in [3.8, 4) is 0 Å². The second-order valence-corrected chi connectivity index (χ2v) is 6.99. The minimum atomic E-state index is -3.87. The zero-order valence-corrected chi connectivity index (χ0v) is 14.0. The summed E-state index contributed by atoms with van der Waals surface area (Å²) in [5.74, 6) is -0.103. The van der Waals surface area contributed by atoms with Crippen LogP contribution in [0.3, 0.4) is 0 Å². The lowest BCUT2D eigenvalue weighted by Gasteiger charge is -2.16. The molecular weight excluding hydrogens is 332 g/mol. The zero-order valence-electron chi connectivity index (χ0n) is 13.2. The second kappa shape index (κ2) is 7.37. The zero-order chi connectivity index (χ0) is 17.7. The minimum Gasteiger partial charge on any atom is -0.442 e. The molecule has 0 amide bonds. The van der Waals surface area contributed by atoms with Crippen LogP contribution in [-0.2, 0) is 19.4 Å². The smallest absolute Gasteiger partial charge is 0.304 e. The summed E-state index contributed by atoms with van der Waals surface area (Å²) in [5, 5.41) is 1.36. The van der Waals surface area contributed by atoms with Crippen molar-refractivity contribution in [3.63, 3.8) is 0 Å². The number of nitrogens with two attached hydrogens (primary N) is 1. The predicted molar refractivity (Wildman–Crippen MR) is 87.4 cm³/mol. The van der Waals surface area contributed by atoms with Gasteiger partial charge in [-0.15, -0.1) is 0 Å². The number of pyridine rings is 2. The highest BCUT2D eigenvalue weighted by Crippen LogP contribution is 2.22. The van der Waals surface area contributed by atoms with Crippen molar-refractivity contribution in [1.29, 1.82) is 0 Å². The van der Waals surface area contributed by atoms with Crippen LogP contribution in [0.4, 0.5) is 5.82 Å². The van der Waals surface area contributed by atoms with Crippen molar-refractivity contribution in [1.82, 2.24) is 9.97 Å². The van der Waals surface area contributed by atoms with Crippen LogP contribution in [0.2, 0.25) is 0 Å². The molecule has 3 N–H and O–H groups in total. The normalized spacial score (nSPS) is 13.8. The number of hydrogen-bond acceptors (Lipinski definition) is 8. The molecular formula is C15H18N4O4S. The molecule has 0 saturated heterocycles. The third-order valence-electron chi connectivity index (χ3n) is 3.02. The quantitative estimate of drug-likeness (QED) is 0.589. The molecule has 0 aromatic carbocycles. The van der Waals surface area contributed by atoms with Gasteiger partial charge in [0.2, 0.25) is 9.84 Å². The van der Waals surface area contributed by atoms with E-state index in [0.29, 0.717) is 5.82 Å². The fourth-order valence-electron chi connectivity index (χ4n) is 1.98. The lowest BCUT2D eigenvalue weighted by molar-refractivity contribution is -0.144. The van der Waals surface area contributed by atoms with Crippen molar-refractivity contribution >= 4 is 21.6 Å². The molecule has 0 fully saturated rings. The third-order valence-corrected chi connectivity index (χ3v) is 4.75. The standard InChI is InChI=1S/C15H18N4O4S/c1-10(23-11(2)20)18-13-7-5-6-12(19-13)15(16)24(21,22)14-8-3-4-9-17-14/h3-10,15H,16H2,1-2H3,(H,18,19). The monoisotopic (exact) mass is 350 g/mol. The van der Waals surface area contributed by atoms with Crippen LogP contribution >= 0.6 is 0 Å². The molecule has 0 aliphatic carbocycles. The molecule has 2 heterocycles. The number of ether oxygens (including phenoxy) is 1. The molecule has 0 aliphatic rings. The van der Waals surface area contributed by atoms with Crippen LogP contribution in [0, 0.1) is 0 Å². The Bertz CT molecular complexity index is 811. The first kappa shape index (κ1) is 17.8. The van der Waals surface area contributed by atoms with E-state index in [0.717, 1.165) is 0 Å². The van der Waals surface area contributed by atoms with Gasteiger partial charge in [0.1, 0.15) is 5.82 Å². The Hall–Kier alpha value is -2.52. The molecule has 0 radical (unpaired) electrons. The van der Waals surface area contributed by atoms with E-state index < -0.39 is 27.4 Å². The number of hydrogen-bond donors (Lipinski definition) is 2. The van der Waals surface area contributed by atoms with Crippen molar-refractivity contribution in [3.05, 3.63) is 48.3 Å². The first-order valence-electron chi connectivity index (χ1n) is 7.12. The van der Waals surface area contributed by atoms with Gasteiger partial charge in [0, 0.05) is 13.1 Å². The van der Waals surface area contributed by atoms with E-state index in [1.807, 2.05) is 0 Å². The number of esters is 1. The number of anilines is 1. The van der Waals surface area contributed by atoms with Gasteiger partial charge in [-0.2, -0.15) is 0 Å². The minimum absolute atomic E-state index is 0.119. The van der Waals surface area contributed by atoms with Crippen LogP contribution in [-0.4, -0.2) is 30.6 Å². The Kier molecular flexibility index (Phi) is 5.47. The maximum absolute atomic E-state index is 12.5. The van der Waals surface area contributed by atoms with Crippen LogP contribution in [0.15, 0.2) is 47.6 Å². The van der Waals surface area contributed by atoms with Gasteiger partial charge < -0.3 is 15.8 Å². The highest BCUT2D eigenvalue weighted by Gasteiger charge is 2.28.